The minimum atomic E-state index is -1.13. The minimum absolute atomic E-state index is 0.106. The van der Waals surface area contributed by atoms with E-state index in [2.05, 4.69) is 19.7 Å². The van der Waals surface area contributed by atoms with Crippen LogP contribution in [0.25, 0.3) is 5.57 Å². The number of carbonyl (C=O) groups excluding carboxylic acids is 3. The van der Waals surface area contributed by atoms with E-state index >= 15 is 0 Å². The molecule has 4 unspecified atom stereocenters. The van der Waals surface area contributed by atoms with Crippen LogP contribution in [0.4, 0.5) is 0 Å². The molecule has 12 nitrogen and oxygen atoms in total. The molecule has 0 aliphatic heterocycles. The third-order valence-corrected chi connectivity index (χ3v) is 8.67. The zero-order valence-corrected chi connectivity index (χ0v) is 34.0. The van der Waals surface area contributed by atoms with E-state index in [4.69, 9.17) is 28.4 Å². The van der Waals surface area contributed by atoms with E-state index < -0.39 is 36.2 Å². The number of benzene rings is 3. The summed E-state index contributed by atoms with van der Waals surface area (Å²) >= 11 is 0. The van der Waals surface area contributed by atoms with Crippen LogP contribution >= 0.6 is 0 Å². The van der Waals surface area contributed by atoms with E-state index in [-0.39, 0.29) is 62.3 Å². The number of aliphatic hydroxyl groups excluding tert-OH is 3. The Morgan fingerprint density at radius 3 is 1.57 bits per heavy atom. The van der Waals surface area contributed by atoms with Crippen LogP contribution in [0, 0.1) is 0 Å². The van der Waals surface area contributed by atoms with Gasteiger partial charge in [-0.25, -0.2) is 14.4 Å². The highest BCUT2D eigenvalue weighted by atomic mass is 16.6. The van der Waals surface area contributed by atoms with E-state index in [1.807, 2.05) is 74.5 Å². The SMILES string of the molecule is C=C(C)C(=O)OCC(O)COc1ccccc1CC(C)c1cccc(C/C(=C\C)c2ccccc2OCC(O)COC(=O)C(=C)C)c1OCC(O)COC(=O)C(=C)C. The quantitative estimate of drug-likeness (QED) is 0.0530. The average Bonchev–Trinajstić information content (AvgIpc) is 3.20. The predicted octanol–water partition coefficient (Wildman–Crippen LogP) is 6.26. The first-order valence-corrected chi connectivity index (χ1v) is 19.0. The summed E-state index contributed by atoms with van der Waals surface area (Å²) in [6.07, 6.45) is -0.408. The van der Waals surface area contributed by atoms with Crippen LogP contribution in [0.2, 0.25) is 0 Å². The van der Waals surface area contributed by atoms with E-state index in [9.17, 15) is 29.7 Å². The first kappa shape index (κ1) is 46.7. The standard InChI is InChI=1S/C46H56O12/c1-9-33(40-17-11-13-20-42(40)54-24-37(48)27-57-45(51)30(4)5)22-35-16-14-18-39(43(35)55-25-38(49)28-58-46(52)31(6)7)32(8)21-34-15-10-12-19-41(34)53-23-36(47)26-56-44(50)29(2)3/h9-20,32,36-38,47-49H,2,4,6,21-28H2,1,3,5,7-8H3/b33-9+. The highest BCUT2D eigenvalue weighted by Crippen LogP contribution is 2.38. The lowest BCUT2D eigenvalue weighted by Crippen LogP contribution is -2.26. The zero-order chi connectivity index (χ0) is 42.8. The van der Waals surface area contributed by atoms with Gasteiger partial charge in [0.05, 0.1) is 0 Å². The molecule has 0 heterocycles. The largest absolute Gasteiger partial charge is 0.490 e. The Balaban J connectivity index is 1.89. The molecule has 3 aromatic carbocycles. The number of rotatable bonds is 24. The Hall–Kier alpha value is -5.69. The van der Waals surface area contributed by atoms with E-state index in [0.717, 1.165) is 27.8 Å². The van der Waals surface area contributed by atoms with Crippen molar-refractivity contribution in [2.75, 3.05) is 39.6 Å². The molecule has 4 atom stereocenters. The van der Waals surface area contributed by atoms with Gasteiger partial charge in [0, 0.05) is 28.7 Å². The van der Waals surface area contributed by atoms with Crippen LogP contribution in [-0.2, 0) is 41.4 Å². The average molecular weight is 801 g/mol. The molecule has 12 heteroatoms. The summed E-state index contributed by atoms with van der Waals surface area (Å²) in [4.78, 5) is 35.6. The lowest BCUT2D eigenvalue weighted by atomic mass is 9.89. The van der Waals surface area contributed by atoms with Crippen LogP contribution in [0.3, 0.4) is 0 Å². The normalized spacial score (nSPS) is 13.3. The van der Waals surface area contributed by atoms with Crippen molar-refractivity contribution in [1.82, 2.24) is 0 Å². The summed E-state index contributed by atoms with van der Waals surface area (Å²) < 4.78 is 33.7. The fourth-order valence-corrected chi connectivity index (χ4v) is 5.56. The topological polar surface area (TPSA) is 167 Å². The molecule has 58 heavy (non-hydrogen) atoms. The van der Waals surface area contributed by atoms with Crippen LogP contribution in [0.1, 0.15) is 62.8 Å². The highest BCUT2D eigenvalue weighted by Gasteiger charge is 2.22. The van der Waals surface area contributed by atoms with Crippen molar-refractivity contribution in [1.29, 1.82) is 0 Å². The summed E-state index contributed by atoms with van der Waals surface area (Å²) in [5, 5.41) is 31.7. The smallest absolute Gasteiger partial charge is 0.333 e. The molecule has 0 fully saturated rings. The molecular formula is C46H56O12. The number of hydrogen-bond acceptors (Lipinski definition) is 12. The molecule has 0 spiro atoms. The third kappa shape index (κ3) is 15.0. The second kappa shape index (κ2) is 23.5. The van der Waals surface area contributed by atoms with Crippen molar-refractivity contribution in [2.24, 2.45) is 0 Å². The summed E-state index contributed by atoms with van der Waals surface area (Å²) in [7, 11) is 0. The summed E-state index contributed by atoms with van der Waals surface area (Å²) in [6.45, 7) is 18.0. The van der Waals surface area contributed by atoms with Gasteiger partial charge < -0.3 is 43.7 Å². The van der Waals surface area contributed by atoms with E-state index in [1.54, 1.807) is 12.1 Å². The summed E-state index contributed by atoms with van der Waals surface area (Å²) in [5.41, 5.74) is 4.84. The van der Waals surface area contributed by atoms with Crippen LogP contribution in [-0.4, -0.2) is 91.2 Å². The van der Waals surface area contributed by atoms with Crippen molar-refractivity contribution in [3.63, 3.8) is 0 Å². The molecule has 3 rings (SSSR count). The zero-order valence-electron chi connectivity index (χ0n) is 34.0. The van der Waals surface area contributed by atoms with Gasteiger partial charge in [-0.05, 0) is 74.4 Å². The first-order valence-electron chi connectivity index (χ1n) is 19.0. The lowest BCUT2D eigenvalue weighted by Gasteiger charge is -2.23. The molecule has 0 amide bonds. The number of esters is 3. The lowest BCUT2D eigenvalue weighted by molar-refractivity contribution is -0.143. The number of ether oxygens (including phenoxy) is 6. The molecule has 0 bridgehead atoms. The maximum Gasteiger partial charge on any atom is 0.333 e. The van der Waals surface area contributed by atoms with Crippen LogP contribution in [0.15, 0.2) is 109 Å². The molecule has 0 aromatic heterocycles. The van der Waals surface area contributed by atoms with Gasteiger partial charge in [-0.15, -0.1) is 0 Å². The molecule has 3 aromatic rings. The van der Waals surface area contributed by atoms with Crippen LogP contribution in [0.5, 0.6) is 17.2 Å². The maximum absolute atomic E-state index is 12.0. The van der Waals surface area contributed by atoms with Gasteiger partial charge in [0.1, 0.15) is 75.2 Å². The fourth-order valence-electron chi connectivity index (χ4n) is 5.56. The van der Waals surface area contributed by atoms with Gasteiger partial charge in [-0.3, -0.25) is 0 Å². The van der Waals surface area contributed by atoms with Gasteiger partial charge >= 0.3 is 17.9 Å². The van der Waals surface area contributed by atoms with Gasteiger partial charge in [0.15, 0.2) is 0 Å². The van der Waals surface area contributed by atoms with Gasteiger partial charge in [0.25, 0.3) is 0 Å². The van der Waals surface area contributed by atoms with E-state index in [0.29, 0.717) is 30.1 Å². The Labute approximate surface area is 341 Å². The fraction of sp³-hybridized carbons (Fsp3) is 0.370. The summed E-state index contributed by atoms with van der Waals surface area (Å²) in [5.74, 6) is -0.347. The molecule has 312 valence electrons. The van der Waals surface area contributed by atoms with Gasteiger partial charge in [0.2, 0.25) is 0 Å². The number of hydrogen-bond donors (Lipinski definition) is 3. The molecule has 0 saturated heterocycles. The maximum atomic E-state index is 12.0. The molecule has 0 aliphatic rings. The van der Waals surface area contributed by atoms with Crippen molar-refractivity contribution >= 4 is 23.5 Å². The van der Waals surface area contributed by atoms with Gasteiger partial charge in [-0.2, -0.15) is 0 Å². The third-order valence-electron chi connectivity index (χ3n) is 8.67. The second-order valence-corrected chi connectivity index (χ2v) is 14.1. The molecule has 3 N–H and O–H groups in total. The Morgan fingerprint density at radius 2 is 1.05 bits per heavy atom. The Bertz CT molecular complexity index is 1930. The first-order chi connectivity index (χ1) is 27.6. The predicted molar refractivity (Wildman–Crippen MR) is 221 cm³/mol. The van der Waals surface area contributed by atoms with Crippen molar-refractivity contribution < 1.29 is 58.1 Å². The molecule has 0 radical (unpaired) electrons. The summed E-state index contributed by atoms with van der Waals surface area (Å²) in [6, 6.07) is 20.7. The van der Waals surface area contributed by atoms with Crippen molar-refractivity contribution in [3.8, 4) is 17.2 Å². The number of para-hydroxylation sites is 3. The monoisotopic (exact) mass is 800 g/mol. The molecule has 0 saturated carbocycles. The molecular weight excluding hydrogens is 744 g/mol. The van der Waals surface area contributed by atoms with Crippen molar-refractivity contribution in [2.45, 2.75) is 71.7 Å². The Morgan fingerprint density at radius 1 is 0.603 bits per heavy atom. The van der Waals surface area contributed by atoms with E-state index in [1.165, 1.54) is 20.8 Å². The Kier molecular flexibility index (Phi) is 18.9. The van der Waals surface area contributed by atoms with Gasteiger partial charge in [-0.1, -0.05) is 87.3 Å². The highest BCUT2D eigenvalue weighted by molar-refractivity contribution is 5.87. The van der Waals surface area contributed by atoms with Crippen molar-refractivity contribution in [3.05, 3.63) is 132 Å². The number of allylic oxidation sites excluding steroid dienone is 2. The van der Waals surface area contributed by atoms with Crippen LogP contribution < -0.4 is 14.2 Å². The molecule has 0 aliphatic carbocycles. The number of carbonyl (C=O) groups is 3. The number of aliphatic hydroxyl groups is 3. The minimum Gasteiger partial charge on any atom is -0.490 e. The second-order valence-electron chi connectivity index (χ2n) is 14.1.